The smallest absolute Gasteiger partial charge is 0.416 e. The van der Waals surface area contributed by atoms with Crippen LogP contribution >= 0.6 is 0 Å². The van der Waals surface area contributed by atoms with Crippen molar-refractivity contribution in [1.29, 1.82) is 5.26 Å². The molecule has 17 rings (SSSR count). The average Bonchev–Trinajstić information content (AvgIpc) is 1.76. The number of anilines is 4. The molecule has 8 aliphatic rings. The highest BCUT2D eigenvalue weighted by atomic mass is 19.4. The Morgan fingerprint density at radius 1 is 0.402 bits per heavy atom. The summed E-state index contributed by atoms with van der Waals surface area (Å²) in [4.78, 5) is 27.9. The number of aryl methyl sites for hydroxylation is 5. The third-order valence-corrected chi connectivity index (χ3v) is 22.8. The van der Waals surface area contributed by atoms with Crippen LogP contribution in [0.15, 0.2) is 189 Å². The van der Waals surface area contributed by atoms with E-state index in [-0.39, 0.29) is 7.43 Å². The Morgan fingerprint density at radius 3 is 1.24 bits per heavy atom. The molecule has 4 aromatic carbocycles. The quantitative estimate of drug-likeness (QED) is 0.0395. The molecule has 0 saturated heterocycles. The van der Waals surface area contributed by atoms with Gasteiger partial charge in [-0.3, -0.25) is 19.6 Å². The van der Waals surface area contributed by atoms with Gasteiger partial charge >= 0.3 is 6.18 Å². The van der Waals surface area contributed by atoms with Crippen molar-refractivity contribution >= 4 is 23.3 Å². The minimum atomic E-state index is -4.30. The number of allylic oxidation sites excluding steroid dienone is 4. The van der Waals surface area contributed by atoms with Crippen molar-refractivity contribution in [3.63, 3.8) is 0 Å². The molecule has 614 valence electrons. The molecule has 0 atom stereocenters. The summed E-state index contributed by atoms with van der Waals surface area (Å²) in [6.45, 7) is 32.1. The van der Waals surface area contributed by atoms with Gasteiger partial charge in [0.15, 0.2) is 0 Å². The summed E-state index contributed by atoms with van der Waals surface area (Å²) in [5.41, 5.74) is 21.1. The highest BCUT2D eigenvalue weighted by Crippen LogP contribution is 2.37. The van der Waals surface area contributed by atoms with E-state index in [1.54, 1.807) is 0 Å². The van der Waals surface area contributed by atoms with Crippen molar-refractivity contribution in [2.24, 2.45) is 0 Å². The minimum Gasteiger partial charge on any atom is -0.478 e. The number of pyridine rings is 4. The fraction of sp³-hybridized carbons (Fsp3) is 0.411. The van der Waals surface area contributed by atoms with Crippen molar-refractivity contribution in [3.05, 3.63) is 272 Å². The highest BCUT2D eigenvalue weighted by Gasteiger charge is 2.36. The Bertz CT molecular complexity index is 4960. The maximum Gasteiger partial charge on any atom is 0.416 e. The largest absolute Gasteiger partial charge is 0.478 e. The molecule has 0 bridgehead atoms. The lowest BCUT2D eigenvalue weighted by atomic mass is 9.94. The van der Waals surface area contributed by atoms with E-state index in [1.807, 2.05) is 59.3 Å². The Balaban J connectivity index is 0.000000135. The van der Waals surface area contributed by atoms with Crippen molar-refractivity contribution in [3.8, 4) is 35.3 Å². The van der Waals surface area contributed by atoms with Crippen LogP contribution in [-0.4, -0.2) is 128 Å². The Kier molecular flexibility index (Phi) is 29.4. The minimum absolute atomic E-state index is 0. The van der Waals surface area contributed by atoms with Crippen LogP contribution < -0.4 is 40.2 Å². The number of ether oxygens (including phenoxy) is 4. The van der Waals surface area contributed by atoms with E-state index >= 15 is 0 Å². The monoisotopic (exact) mass is 1590 g/mol. The second-order valence-corrected chi connectivity index (χ2v) is 31.5. The van der Waals surface area contributed by atoms with Gasteiger partial charge in [0, 0.05) is 118 Å². The van der Waals surface area contributed by atoms with Crippen LogP contribution in [0.3, 0.4) is 0 Å². The van der Waals surface area contributed by atoms with Gasteiger partial charge in [0.05, 0.1) is 55.0 Å². The summed E-state index contributed by atoms with van der Waals surface area (Å²) in [5, 5.41) is 27.1. The molecular formula is C95H114F3N15O4. The number of hydrogen-bond acceptors (Lipinski definition) is 18. The van der Waals surface area contributed by atoms with Gasteiger partial charge < -0.3 is 40.2 Å². The zero-order chi connectivity index (χ0) is 80.2. The van der Waals surface area contributed by atoms with Crippen LogP contribution in [0.1, 0.15) is 168 Å². The van der Waals surface area contributed by atoms with Crippen molar-refractivity contribution < 1.29 is 32.1 Å². The van der Waals surface area contributed by atoms with Gasteiger partial charge in [-0.15, -0.1) is 0 Å². The van der Waals surface area contributed by atoms with E-state index < -0.39 is 11.7 Å². The molecule has 0 fully saturated rings. The molecule has 13 heterocycles. The molecule has 0 radical (unpaired) electrons. The predicted molar refractivity (Wildman–Crippen MR) is 460 cm³/mol. The highest BCUT2D eigenvalue weighted by molar-refractivity contribution is 5.56. The molecule has 4 N–H and O–H groups in total. The van der Waals surface area contributed by atoms with Crippen LogP contribution in [0.2, 0.25) is 0 Å². The molecule has 22 heteroatoms. The van der Waals surface area contributed by atoms with Crippen LogP contribution in [0.4, 0.5) is 36.4 Å². The van der Waals surface area contributed by atoms with Crippen molar-refractivity contribution in [2.45, 2.75) is 175 Å². The zero-order valence-electron chi connectivity index (χ0n) is 67.2. The summed E-state index contributed by atoms with van der Waals surface area (Å²) < 4.78 is 65.3. The molecule has 0 saturated carbocycles. The number of unbranched alkanes of at least 4 members (excludes halogenated alkanes) is 4. The Hall–Kier alpha value is -10.8. The summed E-state index contributed by atoms with van der Waals surface area (Å²) >= 11 is 0. The summed E-state index contributed by atoms with van der Waals surface area (Å²) in [7, 11) is 0. The molecule has 8 aliphatic heterocycles. The lowest BCUT2D eigenvalue weighted by molar-refractivity contribution is -0.138. The predicted octanol–water partition coefficient (Wildman–Crippen LogP) is 18.7. The second kappa shape index (κ2) is 40.8. The summed E-state index contributed by atoms with van der Waals surface area (Å²) in [6.07, 6.45) is 17.6. The topological polar surface area (TPSA) is 191 Å². The van der Waals surface area contributed by atoms with Gasteiger partial charge in [-0.2, -0.15) is 43.5 Å². The number of nitrogens with zero attached hydrogens (tertiary/aromatic N) is 11. The van der Waals surface area contributed by atoms with Gasteiger partial charge in [-0.1, -0.05) is 100.0 Å². The number of nitrogens with one attached hydrogen (secondary N) is 4. The first kappa shape index (κ1) is 84.1. The third-order valence-electron chi connectivity index (χ3n) is 22.8. The van der Waals surface area contributed by atoms with Gasteiger partial charge in [-0.05, 0) is 259 Å². The van der Waals surface area contributed by atoms with E-state index in [0.29, 0.717) is 61.9 Å². The number of fused-ring (bicyclic) bond motifs is 8. The van der Waals surface area contributed by atoms with Crippen LogP contribution in [0.5, 0.6) is 23.5 Å². The maximum absolute atomic E-state index is 13.3. The molecule has 117 heavy (non-hydrogen) atoms. The third kappa shape index (κ3) is 23.5. The molecule has 9 aromatic rings. The first-order valence-electron chi connectivity index (χ1n) is 41.6. The standard InChI is InChI=1S/C25H29N5O.C23H26F3N3O.C23H26N4O.C23H29N3O.CH4/c1-19-9-10-20-11-12-24(27-25(20)26-19)31-16-6-5-14-29-15-13-23-21(17-29)18-30(28-23)22-7-3-2-4-8-22;1-16-7-8-18-9-10-21(28-22(18)27-16)30-14-3-2-12-29-13-11-17-5-4-6-20(19(17)15-29)23(24,25)26;1-17-7-8-19-9-10-22(26-23(19)25-17)28-14-3-2-12-27-13-11-18-5-4-6-20(15-24)21(18)16-27;1-17-5-7-19-11-13-26(16-21(19)15-17)12-3-4-14-27-22-10-9-20-8-6-18(2)24-23(20)25-22;/h2-4,7-8,11-12,18H,1,5-6,9-10,13-17H2,(H,26,27);4-6,9-10H,1-3,7-8,11-15H2,(H,27,28);4-6,9-10H,1-3,7-8,11-14,16H2,(H,25,26);5,7,9-10,15H,2-4,6,8,11-14,16H2,1H3,(H,24,25);1H4. The fourth-order valence-corrected chi connectivity index (χ4v) is 16.2. The zero-order valence-corrected chi connectivity index (χ0v) is 67.2. The molecule has 19 nitrogen and oxygen atoms in total. The summed E-state index contributed by atoms with van der Waals surface area (Å²) in [6, 6.07) is 46.3. The summed E-state index contributed by atoms with van der Waals surface area (Å²) in [5.74, 6) is 6.16. The maximum atomic E-state index is 13.3. The van der Waals surface area contributed by atoms with Gasteiger partial charge in [0.2, 0.25) is 23.5 Å². The number of alkyl halides is 3. The number of aromatic nitrogens is 6. The van der Waals surface area contributed by atoms with Crippen molar-refractivity contribution in [2.75, 3.05) is 100 Å². The van der Waals surface area contributed by atoms with Gasteiger partial charge in [-0.25, -0.2) is 4.68 Å². The average molecular weight is 1590 g/mol. The van der Waals surface area contributed by atoms with E-state index in [9.17, 15) is 18.4 Å². The fourth-order valence-electron chi connectivity index (χ4n) is 16.2. The number of para-hydroxylation sites is 1. The van der Waals surface area contributed by atoms with Crippen molar-refractivity contribution in [1.82, 2.24) is 49.3 Å². The second-order valence-electron chi connectivity index (χ2n) is 31.5. The number of nitriles is 1. The SMILES string of the molecule is C.C=C1CCc2ccc(OCCCCN3CCc4ccc(C)cc4C3)nc2N1.C=C1CCc2ccc(OCCCCN3CCc4cccc(C#N)c4C3)nc2N1.C=C1CCc2ccc(OCCCCN3CCc4cccc(C(F)(F)F)c4C3)nc2N1.C=C1CCc2ccc(OCCCCN3CCc4nn(-c5ccccc5)cc4C3)nc2N1. The lowest BCUT2D eigenvalue weighted by Gasteiger charge is -2.30. The number of hydrogen-bond donors (Lipinski definition) is 4. The van der Waals surface area contributed by atoms with Gasteiger partial charge in [0.1, 0.15) is 23.3 Å². The van der Waals surface area contributed by atoms with Crippen LogP contribution in [-0.2, 0) is 83.7 Å². The first-order valence-corrected chi connectivity index (χ1v) is 41.6. The van der Waals surface area contributed by atoms with Gasteiger partial charge in [0.25, 0.3) is 0 Å². The molecular weight excluding hydrogens is 1470 g/mol. The molecule has 0 spiro atoms. The molecule has 0 aliphatic carbocycles. The van der Waals surface area contributed by atoms with Crippen LogP contribution in [0.25, 0.3) is 5.69 Å². The van der Waals surface area contributed by atoms with E-state index in [1.165, 1.54) is 86.4 Å². The van der Waals surface area contributed by atoms with E-state index in [4.69, 9.17) is 24.0 Å². The first-order chi connectivity index (χ1) is 56.5. The number of halogens is 3. The number of rotatable bonds is 25. The number of benzene rings is 4. The van der Waals surface area contributed by atoms with E-state index in [0.717, 1.165) is 251 Å². The van der Waals surface area contributed by atoms with Crippen LogP contribution in [0, 0.1) is 18.3 Å². The Morgan fingerprint density at radius 2 is 0.795 bits per heavy atom. The van der Waals surface area contributed by atoms with E-state index in [2.05, 4.69) is 173 Å². The normalized spacial score (nSPS) is 16.0. The molecule has 5 aromatic heterocycles. The lowest BCUT2D eigenvalue weighted by Crippen LogP contribution is -2.33. The molecule has 0 amide bonds. The Labute approximate surface area is 689 Å². The molecule has 0 unspecified atom stereocenters.